The molecule has 5 heteroatoms. The summed E-state index contributed by atoms with van der Waals surface area (Å²) in [4.78, 5) is 25.4. The van der Waals surface area contributed by atoms with E-state index in [1.165, 1.54) is 24.0 Å². The van der Waals surface area contributed by atoms with Crippen LogP contribution >= 0.6 is 0 Å². The van der Waals surface area contributed by atoms with E-state index in [0.717, 1.165) is 32.2 Å². The second-order valence-electron chi connectivity index (χ2n) is 6.61. The van der Waals surface area contributed by atoms with Crippen LogP contribution in [-0.2, 0) is 4.79 Å². The van der Waals surface area contributed by atoms with Gasteiger partial charge in [-0.15, -0.1) is 0 Å². The van der Waals surface area contributed by atoms with E-state index in [2.05, 4.69) is 41.4 Å². The second-order valence-corrected chi connectivity index (χ2v) is 6.61. The molecule has 1 atom stereocenters. The van der Waals surface area contributed by atoms with Crippen molar-refractivity contribution in [2.45, 2.75) is 57.9 Å². The molecule has 1 fully saturated rings. The molecule has 0 saturated carbocycles. The minimum absolute atomic E-state index is 0.198. The van der Waals surface area contributed by atoms with Gasteiger partial charge in [0.05, 0.1) is 6.04 Å². The van der Waals surface area contributed by atoms with Crippen molar-refractivity contribution in [2.75, 3.05) is 13.1 Å². The largest absolute Gasteiger partial charge is 0.352 e. The molecule has 3 N–H and O–H groups in total. The highest BCUT2D eigenvalue weighted by atomic mass is 16.2. The van der Waals surface area contributed by atoms with Crippen LogP contribution in [0.5, 0.6) is 0 Å². The highest BCUT2D eigenvalue weighted by molar-refractivity contribution is 5.76. The lowest BCUT2D eigenvalue weighted by Gasteiger charge is -2.31. The molecule has 0 aromatic heterocycles. The molecule has 1 aromatic carbocycles. The normalized spacial score (nSPS) is 18.0. The molecular weight excluding hydrogens is 302 g/mol. The molecule has 1 heterocycles. The van der Waals surface area contributed by atoms with Gasteiger partial charge in [0, 0.05) is 19.5 Å². The molecule has 24 heavy (non-hydrogen) atoms. The summed E-state index contributed by atoms with van der Waals surface area (Å²) in [7, 11) is 0. The maximum atomic E-state index is 12.7. The lowest BCUT2D eigenvalue weighted by atomic mass is 9.98. The van der Waals surface area contributed by atoms with E-state index in [4.69, 9.17) is 5.73 Å². The van der Waals surface area contributed by atoms with E-state index in [-0.39, 0.29) is 11.9 Å². The summed E-state index contributed by atoms with van der Waals surface area (Å²) in [5.74, 6) is 0.225. The van der Waals surface area contributed by atoms with Gasteiger partial charge in [-0.05, 0) is 38.2 Å². The Hall–Kier alpha value is -2.04. The lowest BCUT2D eigenvalue weighted by molar-refractivity contribution is -0.133. The van der Waals surface area contributed by atoms with Crippen LogP contribution in [-0.4, -0.2) is 29.9 Å². The Morgan fingerprint density at radius 2 is 2.08 bits per heavy atom. The van der Waals surface area contributed by atoms with E-state index in [0.29, 0.717) is 13.0 Å². The number of hydrogen-bond acceptors (Lipinski definition) is 2. The first-order valence-electron chi connectivity index (χ1n) is 8.97. The summed E-state index contributed by atoms with van der Waals surface area (Å²) in [6, 6.07) is 8.20. The number of carbonyl (C=O) groups excluding carboxylic acids is 2. The van der Waals surface area contributed by atoms with Crippen molar-refractivity contribution in [3.8, 4) is 0 Å². The molecule has 0 aliphatic carbocycles. The SMILES string of the molecule is Cc1cccc(C2CCCCCN2C(=O)CCCCNC(N)=O)c1. The molecule has 1 aliphatic rings. The summed E-state index contributed by atoms with van der Waals surface area (Å²) in [5.41, 5.74) is 7.53. The Balaban J connectivity index is 1.95. The molecule has 0 radical (unpaired) electrons. The number of rotatable bonds is 6. The van der Waals surface area contributed by atoms with Gasteiger partial charge in [0.2, 0.25) is 5.91 Å². The van der Waals surface area contributed by atoms with Gasteiger partial charge in [-0.3, -0.25) is 4.79 Å². The van der Waals surface area contributed by atoms with Gasteiger partial charge >= 0.3 is 6.03 Å². The van der Waals surface area contributed by atoms with E-state index in [1.807, 2.05) is 0 Å². The van der Waals surface area contributed by atoms with Gasteiger partial charge in [-0.2, -0.15) is 0 Å². The third-order valence-corrected chi connectivity index (χ3v) is 4.62. The minimum atomic E-state index is -0.506. The molecule has 132 valence electrons. The summed E-state index contributed by atoms with van der Waals surface area (Å²) in [5, 5.41) is 2.56. The van der Waals surface area contributed by atoms with Crippen LogP contribution in [0.3, 0.4) is 0 Å². The number of nitrogens with zero attached hydrogens (tertiary/aromatic N) is 1. The number of benzene rings is 1. The Kier molecular flexibility index (Phi) is 7.09. The number of primary amides is 1. The summed E-state index contributed by atoms with van der Waals surface area (Å²) < 4.78 is 0. The van der Waals surface area contributed by atoms with Crippen molar-refractivity contribution in [2.24, 2.45) is 5.73 Å². The van der Waals surface area contributed by atoms with Gasteiger partial charge in [0.15, 0.2) is 0 Å². The van der Waals surface area contributed by atoms with Crippen molar-refractivity contribution < 1.29 is 9.59 Å². The fourth-order valence-corrected chi connectivity index (χ4v) is 3.39. The number of unbranched alkanes of at least 4 members (excludes halogenated alkanes) is 1. The fraction of sp³-hybridized carbons (Fsp3) is 0.579. The molecule has 1 aromatic rings. The molecule has 0 spiro atoms. The predicted molar refractivity (Wildman–Crippen MR) is 95.5 cm³/mol. The first-order valence-corrected chi connectivity index (χ1v) is 8.97. The van der Waals surface area contributed by atoms with Crippen LogP contribution in [0.4, 0.5) is 4.79 Å². The number of aryl methyl sites for hydroxylation is 1. The zero-order valence-electron chi connectivity index (χ0n) is 14.6. The zero-order valence-corrected chi connectivity index (χ0v) is 14.6. The molecule has 1 saturated heterocycles. The number of carbonyl (C=O) groups is 2. The first kappa shape index (κ1) is 18.3. The summed E-state index contributed by atoms with van der Waals surface area (Å²) in [6.45, 7) is 3.47. The van der Waals surface area contributed by atoms with Gasteiger partial charge < -0.3 is 16.0 Å². The molecule has 1 aliphatic heterocycles. The van der Waals surface area contributed by atoms with Crippen molar-refractivity contribution in [3.63, 3.8) is 0 Å². The van der Waals surface area contributed by atoms with Crippen LogP contribution < -0.4 is 11.1 Å². The van der Waals surface area contributed by atoms with Crippen LogP contribution in [0.25, 0.3) is 0 Å². The van der Waals surface area contributed by atoms with Gasteiger partial charge in [-0.1, -0.05) is 42.7 Å². The quantitative estimate of drug-likeness (QED) is 0.785. The Morgan fingerprint density at radius 3 is 2.83 bits per heavy atom. The van der Waals surface area contributed by atoms with Crippen molar-refractivity contribution in [3.05, 3.63) is 35.4 Å². The average molecular weight is 331 g/mol. The van der Waals surface area contributed by atoms with E-state index in [1.54, 1.807) is 0 Å². The Bertz CT molecular complexity index is 559. The first-order chi connectivity index (χ1) is 11.6. The monoisotopic (exact) mass is 331 g/mol. The van der Waals surface area contributed by atoms with E-state index in [9.17, 15) is 9.59 Å². The Morgan fingerprint density at radius 1 is 1.25 bits per heavy atom. The highest BCUT2D eigenvalue weighted by Gasteiger charge is 2.26. The Labute approximate surface area is 144 Å². The maximum Gasteiger partial charge on any atom is 0.312 e. The van der Waals surface area contributed by atoms with Crippen molar-refractivity contribution in [1.29, 1.82) is 0 Å². The van der Waals surface area contributed by atoms with Gasteiger partial charge in [-0.25, -0.2) is 4.79 Å². The van der Waals surface area contributed by atoms with Crippen LogP contribution in [0.15, 0.2) is 24.3 Å². The molecular formula is C19H29N3O2. The number of urea groups is 1. The van der Waals surface area contributed by atoms with Crippen LogP contribution in [0, 0.1) is 6.92 Å². The summed E-state index contributed by atoms with van der Waals surface area (Å²) in [6.07, 6.45) is 6.56. The molecule has 3 amide bonds. The van der Waals surface area contributed by atoms with Crippen molar-refractivity contribution in [1.82, 2.24) is 10.2 Å². The number of nitrogens with two attached hydrogens (primary N) is 1. The maximum absolute atomic E-state index is 12.7. The predicted octanol–water partition coefficient (Wildman–Crippen LogP) is 3.28. The van der Waals surface area contributed by atoms with E-state index >= 15 is 0 Å². The standard InChI is InChI=1S/C19H29N3O2/c1-15-8-7-9-16(14-15)17-10-3-2-6-13-22(17)18(23)11-4-5-12-21-19(20)24/h7-9,14,17H,2-6,10-13H2,1H3,(H3,20,21,24). The van der Waals surface area contributed by atoms with E-state index < -0.39 is 6.03 Å². The smallest absolute Gasteiger partial charge is 0.312 e. The zero-order chi connectivity index (χ0) is 17.4. The van der Waals surface area contributed by atoms with Crippen molar-refractivity contribution >= 4 is 11.9 Å². The lowest BCUT2D eigenvalue weighted by Crippen LogP contribution is -2.35. The number of hydrogen-bond donors (Lipinski definition) is 2. The number of nitrogens with one attached hydrogen (secondary N) is 1. The molecule has 0 bridgehead atoms. The topological polar surface area (TPSA) is 75.4 Å². The van der Waals surface area contributed by atoms with Gasteiger partial charge in [0.25, 0.3) is 0 Å². The van der Waals surface area contributed by atoms with Crippen LogP contribution in [0.2, 0.25) is 0 Å². The number of likely N-dealkylation sites (tertiary alicyclic amines) is 1. The summed E-state index contributed by atoms with van der Waals surface area (Å²) >= 11 is 0. The molecule has 5 nitrogen and oxygen atoms in total. The highest BCUT2D eigenvalue weighted by Crippen LogP contribution is 2.31. The van der Waals surface area contributed by atoms with Crippen LogP contribution in [0.1, 0.15) is 62.1 Å². The fourth-order valence-electron chi connectivity index (χ4n) is 3.39. The number of amides is 3. The second kappa shape index (κ2) is 9.30. The third kappa shape index (κ3) is 5.55. The van der Waals surface area contributed by atoms with Gasteiger partial charge in [0.1, 0.15) is 0 Å². The molecule has 1 unspecified atom stereocenters. The minimum Gasteiger partial charge on any atom is -0.352 e. The third-order valence-electron chi connectivity index (χ3n) is 4.62. The average Bonchev–Trinajstić information content (AvgIpc) is 2.80. The molecule has 2 rings (SSSR count).